The molecule has 2 N–H and O–H groups in total. The summed E-state index contributed by atoms with van der Waals surface area (Å²) in [5, 5.41) is 5.21. The third-order valence-electron chi connectivity index (χ3n) is 2.89. The van der Waals surface area contributed by atoms with Gasteiger partial charge in [0.05, 0.1) is 0 Å². The molecule has 0 fully saturated rings. The minimum Gasteiger partial charge on any atom is -0.341 e. The predicted molar refractivity (Wildman–Crippen MR) is 78.4 cm³/mol. The number of carbonyl (C=O) groups is 2. The molecular weight excluding hydrogens is 271 g/mol. The molecule has 0 aliphatic heterocycles. The maximum absolute atomic E-state index is 12.8. The Balaban J connectivity index is 1.93. The molecule has 108 valence electrons. The molecule has 0 aliphatic carbocycles. The largest absolute Gasteiger partial charge is 0.341 e. The number of benzene rings is 2. The van der Waals surface area contributed by atoms with Gasteiger partial charge in [-0.05, 0) is 43.3 Å². The Morgan fingerprint density at radius 1 is 1.00 bits per heavy atom. The first-order valence-electron chi connectivity index (χ1n) is 6.48. The van der Waals surface area contributed by atoms with Gasteiger partial charge in [-0.3, -0.25) is 9.59 Å². The lowest BCUT2D eigenvalue weighted by Gasteiger charge is -2.14. The molecule has 0 radical (unpaired) electrons. The van der Waals surface area contributed by atoms with Crippen molar-refractivity contribution < 1.29 is 14.0 Å². The van der Waals surface area contributed by atoms with E-state index in [9.17, 15) is 14.0 Å². The van der Waals surface area contributed by atoms with Crippen molar-refractivity contribution in [1.82, 2.24) is 5.32 Å². The van der Waals surface area contributed by atoms with Crippen molar-refractivity contribution >= 4 is 17.5 Å². The average Bonchev–Trinajstić information content (AvgIpc) is 2.50. The van der Waals surface area contributed by atoms with E-state index in [0.717, 1.165) is 0 Å². The van der Waals surface area contributed by atoms with E-state index in [2.05, 4.69) is 10.6 Å². The predicted octanol–water partition coefficient (Wildman–Crippen LogP) is 2.58. The molecule has 2 aromatic carbocycles. The Kier molecular flexibility index (Phi) is 4.66. The third-order valence-corrected chi connectivity index (χ3v) is 2.89. The lowest BCUT2D eigenvalue weighted by Crippen LogP contribution is -2.41. The summed E-state index contributed by atoms with van der Waals surface area (Å²) in [6.07, 6.45) is 0. The first-order valence-corrected chi connectivity index (χ1v) is 6.48. The fourth-order valence-electron chi connectivity index (χ4n) is 1.72. The highest BCUT2D eigenvalue weighted by molar-refractivity contribution is 6.00. The Bertz CT molecular complexity index is 626. The second-order valence-electron chi connectivity index (χ2n) is 4.56. The topological polar surface area (TPSA) is 58.2 Å². The van der Waals surface area contributed by atoms with Crippen molar-refractivity contribution in [3.63, 3.8) is 0 Å². The van der Waals surface area contributed by atoms with E-state index >= 15 is 0 Å². The van der Waals surface area contributed by atoms with E-state index in [1.54, 1.807) is 37.3 Å². The van der Waals surface area contributed by atoms with Crippen LogP contribution in [0.15, 0.2) is 54.6 Å². The molecule has 21 heavy (non-hydrogen) atoms. The van der Waals surface area contributed by atoms with E-state index in [4.69, 9.17) is 0 Å². The summed E-state index contributed by atoms with van der Waals surface area (Å²) in [6.45, 7) is 1.58. The average molecular weight is 286 g/mol. The van der Waals surface area contributed by atoms with Crippen LogP contribution in [0.2, 0.25) is 0 Å². The number of hydrogen-bond acceptors (Lipinski definition) is 2. The smallest absolute Gasteiger partial charge is 0.251 e. The molecule has 2 aromatic rings. The number of nitrogens with one attached hydrogen (secondary N) is 2. The molecule has 2 amide bonds. The zero-order valence-corrected chi connectivity index (χ0v) is 11.5. The lowest BCUT2D eigenvalue weighted by atomic mass is 10.2. The van der Waals surface area contributed by atoms with Gasteiger partial charge in [-0.15, -0.1) is 0 Å². The van der Waals surface area contributed by atoms with Crippen LogP contribution in [0.1, 0.15) is 17.3 Å². The van der Waals surface area contributed by atoms with Crippen LogP contribution in [0.4, 0.5) is 10.1 Å². The van der Waals surface area contributed by atoms with Gasteiger partial charge in [0.2, 0.25) is 5.91 Å². The highest BCUT2D eigenvalue weighted by Crippen LogP contribution is 2.08. The number of halogens is 1. The molecule has 4 nitrogen and oxygen atoms in total. The second-order valence-corrected chi connectivity index (χ2v) is 4.56. The molecule has 0 spiro atoms. The van der Waals surface area contributed by atoms with Crippen LogP contribution >= 0.6 is 0 Å². The van der Waals surface area contributed by atoms with Gasteiger partial charge in [-0.25, -0.2) is 4.39 Å². The Morgan fingerprint density at radius 3 is 2.24 bits per heavy atom. The molecule has 0 unspecified atom stereocenters. The summed E-state index contributed by atoms with van der Waals surface area (Å²) in [7, 11) is 0. The number of anilines is 1. The van der Waals surface area contributed by atoms with E-state index < -0.39 is 6.04 Å². The van der Waals surface area contributed by atoms with Gasteiger partial charge in [0.25, 0.3) is 5.91 Å². The van der Waals surface area contributed by atoms with Crippen molar-refractivity contribution in [3.05, 3.63) is 66.0 Å². The Labute approximate surface area is 122 Å². The zero-order chi connectivity index (χ0) is 15.2. The van der Waals surface area contributed by atoms with Crippen LogP contribution in [-0.4, -0.2) is 17.9 Å². The van der Waals surface area contributed by atoms with Crippen molar-refractivity contribution in [3.8, 4) is 0 Å². The summed E-state index contributed by atoms with van der Waals surface area (Å²) in [6, 6.07) is 13.4. The normalized spacial score (nSPS) is 11.5. The van der Waals surface area contributed by atoms with Crippen LogP contribution in [-0.2, 0) is 4.79 Å². The van der Waals surface area contributed by atoms with Crippen LogP contribution in [0, 0.1) is 5.82 Å². The van der Waals surface area contributed by atoms with Gasteiger partial charge < -0.3 is 10.6 Å². The fourth-order valence-corrected chi connectivity index (χ4v) is 1.72. The first kappa shape index (κ1) is 14.7. The van der Waals surface area contributed by atoms with Gasteiger partial charge in [-0.2, -0.15) is 0 Å². The molecule has 5 heteroatoms. The lowest BCUT2D eigenvalue weighted by molar-refractivity contribution is -0.117. The Hall–Kier alpha value is -2.69. The number of hydrogen-bond donors (Lipinski definition) is 2. The number of rotatable bonds is 4. The van der Waals surface area contributed by atoms with Gasteiger partial charge in [0.1, 0.15) is 11.9 Å². The molecule has 0 bridgehead atoms. The van der Waals surface area contributed by atoms with Crippen LogP contribution in [0.3, 0.4) is 0 Å². The first-order chi connectivity index (χ1) is 10.1. The molecule has 0 saturated carbocycles. The fraction of sp³-hybridized carbons (Fsp3) is 0.125. The number of amides is 2. The van der Waals surface area contributed by atoms with Crippen molar-refractivity contribution in [1.29, 1.82) is 0 Å². The van der Waals surface area contributed by atoms with Gasteiger partial charge in [0.15, 0.2) is 0 Å². The van der Waals surface area contributed by atoms with Gasteiger partial charge in [0, 0.05) is 11.3 Å². The summed E-state index contributed by atoms with van der Waals surface area (Å²) in [4.78, 5) is 23.9. The van der Waals surface area contributed by atoms with E-state index in [0.29, 0.717) is 11.3 Å². The summed E-state index contributed by atoms with van der Waals surface area (Å²) in [5.74, 6) is -1.07. The van der Waals surface area contributed by atoms with Gasteiger partial charge >= 0.3 is 0 Å². The minimum absolute atomic E-state index is 0.322. The molecule has 1 atom stereocenters. The van der Waals surface area contributed by atoms with Crippen molar-refractivity contribution in [2.24, 2.45) is 0 Å². The Morgan fingerprint density at radius 2 is 1.62 bits per heavy atom. The van der Waals surface area contributed by atoms with Crippen molar-refractivity contribution in [2.75, 3.05) is 5.32 Å². The quantitative estimate of drug-likeness (QED) is 0.907. The summed E-state index contributed by atoms with van der Waals surface area (Å²) in [5.41, 5.74) is 0.959. The van der Waals surface area contributed by atoms with E-state index in [1.807, 2.05) is 0 Å². The highest BCUT2D eigenvalue weighted by Gasteiger charge is 2.16. The number of carbonyl (C=O) groups excluding carboxylic acids is 2. The van der Waals surface area contributed by atoms with Crippen LogP contribution in [0.25, 0.3) is 0 Å². The molecular formula is C16H15FN2O2. The maximum Gasteiger partial charge on any atom is 0.251 e. The SMILES string of the molecule is C[C@@H](NC(=O)c1ccccc1)C(=O)Nc1ccc(F)cc1. The molecule has 2 rings (SSSR count). The van der Waals surface area contributed by atoms with Gasteiger partial charge in [-0.1, -0.05) is 18.2 Å². The highest BCUT2D eigenvalue weighted by atomic mass is 19.1. The third kappa shape index (κ3) is 4.14. The van der Waals surface area contributed by atoms with Crippen molar-refractivity contribution in [2.45, 2.75) is 13.0 Å². The standard InChI is InChI=1S/C16H15FN2O2/c1-11(18-16(21)12-5-3-2-4-6-12)15(20)19-14-9-7-13(17)8-10-14/h2-11H,1H3,(H,18,21)(H,19,20)/t11-/m1/s1. The van der Waals surface area contributed by atoms with Crippen LogP contribution < -0.4 is 10.6 Å². The van der Waals surface area contributed by atoms with E-state index in [1.165, 1.54) is 24.3 Å². The molecule has 0 aliphatic rings. The molecule has 0 heterocycles. The summed E-state index contributed by atoms with van der Waals surface area (Å²) >= 11 is 0. The second kappa shape index (κ2) is 6.65. The molecule has 0 saturated heterocycles. The van der Waals surface area contributed by atoms with Crippen LogP contribution in [0.5, 0.6) is 0 Å². The molecule has 0 aromatic heterocycles. The minimum atomic E-state index is -0.706. The van der Waals surface area contributed by atoms with E-state index in [-0.39, 0.29) is 17.6 Å². The monoisotopic (exact) mass is 286 g/mol. The summed E-state index contributed by atoms with van der Waals surface area (Å²) < 4.78 is 12.8. The zero-order valence-electron chi connectivity index (χ0n) is 11.5. The maximum atomic E-state index is 12.8.